The van der Waals surface area contributed by atoms with Gasteiger partial charge in [0.15, 0.2) is 14.3 Å². The molecule has 0 aliphatic heterocycles. The van der Waals surface area contributed by atoms with Crippen LogP contribution in [0.5, 0.6) is 0 Å². The van der Waals surface area contributed by atoms with E-state index in [4.69, 9.17) is 10.2 Å². The molecule has 0 aliphatic carbocycles. The van der Waals surface area contributed by atoms with Gasteiger partial charge >= 0.3 is 5.97 Å². The average Bonchev–Trinajstić information content (AvgIpc) is 1.88. The molecule has 0 bridgehead atoms. The molecule has 2 unspecified atom stereocenters. The minimum atomic E-state index is -1.23. The molecule has 0 heterocycles. The number of carboxylic acid groups (broad SMARTS) is 1. The Morgan fingerprint density at radius 1 is 1.73 bits per heavy atom. The molecule has 0 rings (SSSR count). The van der Waals surface area contributed by atoms with Crippen molar-refractivity contribution in [3.63, 3.8) is 0 Å². The molecule has 11 heavy (non-hydrogen) atoms. The number of hydrogen-bond donors (Lipinski definition) is 2. The third-order valence-corrected chi connectivity index (χ3v) is 1.82. The Balaban J connectivity index is 3.87. The summed E-state index contributed by atoms with van der Waals surface area (Å²) in [6.45, 7) is 0. The minimum Gasteiger partial charge on any atom is -0.481 e. The Morgan fingerprint density at radius 3 is 2.55 bits per heavy atom. The topological polar surface area (TPSA) is 83.8 Å². The lowest BCUT2D eigenvalue weighted by Gasteiger charge is -2.12. The Kier molecular flexibility index (Phi) is 4.94. The Labute approximate surface area is 65.2 Å². The fourth-order valence-corrected chi connectivity index (χ4v) is 0.882. The number of carboxylic acids is 1. The third-order valence-electron chi connectivity index (χ3n) is 1.06. The van der Waals surface area contributed by atoms with Gasteiger partial charge in [0.05, 0.1) is 6.42 Å². The van der Waals surface area contributed by atoms with Gasteiger partial charge in [-0.3, -0.25) is 9.36 Å². The number of hydrogen-bond acceptors (Lipinski definition) is 4. The van der Waals surface area contributed by atoms with Crippen molar-refractivity contribution in [2.45, 2.75) is 18.4 Å². The van der Waals surface area contributed by atoms with E-state index in [-0.39, 0.29) is 0 Å². The number of aliphatic hydroxyl groups excluding tert-OH is 1. The van der Waals surface area contributed by atoms with Crippen LogP contribution in [-0.2, 0) is 14.1 Å². The Hall–Kier alpha value is -0.510. The summed E-state index contributed by atoms with van der Waals surface area (Å²) in [4.78, 5) is 10.0. The SMILES string of the molecule is COC(P=O)C(O)CC(=O)O. The van der Waals surface area contributed by atoms with E-state index in [0.717, 1.165) is 0 Å². The van der Waals surface area contributed by atoms with Crippen LogP contribution < -0.4 is 0 Å². The van der Waals surface area contributed by atoms with Gasteiger partial charge in [0.1, 0.15) is 6.10 Å². The van der Waals surface area contributed by atoms with Crippen molar-refractivity contribution in [2.75, 3.05) is 7.11 Å². The first kappa shape index (κ1) is 10.5. The fourth-order valence-electron chi connectivity index (χ4n) is 0.550. The maximum Gasteiger partial charge on any atom is 0.306 e. The second-order valence-electron chi connectivity index (χ2n) is 1.90. The van der Waals surface area contributed by atoms with E-state index < -0.39 is 32.8 Å². The maximum atomic E-state index is 10.2. The molecule has 2 atom stereocenters. The summed E-state index contributed by atoms with van der Waals surface area (Å²) in [5.41, 5.74) is 0. The molecule has 0 aromatic heterocycles. The number of rotatable bonds is 5. The zero-order valence-corrected chi connectivity index (χ0v) is 6.82. The van der Waals surface area contributed by atoms with Gasteiger partial charge in [-0.2, -0.15) is 0 Å². The van der Waals surface area contributed by atoms with Gasteiger partial charge in [0.25, 0.3) is 0 Å². The van der Waals surface area contributed by atoms with Crippen LogP contribution in [-0.4, -0.2) is 35.2 Å². The van der Waals surface area contributed by atoms with Crippen molar-refractivity contribution in [1.29, 1.82) is 0 Å². The highest BCUT2D eigenvalue weighted by Crippen LogP contribution is 2.14. The second kappa shape index (κ2) is 5.18. The molecule has 0 fully saturated rings. The van der Waals surface area contributed by atoms with Crippen LogP contribution in [0.1, 0.15) is 6.42 Å². The van der Waals surface area contributed by atoms with Crippen molar-refractivity contribution < 1.29 is 24.3 Å². The molecule has 5 nitrogen and oxygen atoms in total. The van der Waals surface area contributed by atoms with E-state index in [2.05, 4.69) is 4.74 Å². The number of aliphatic hydroxyl groups is 1. The highest BCUT2D eigenvalue weighted by molar-refractivity contribution is 7.24. The molecule has 2 N–H and O–H groups in total. The highest BCUT2D eigenvalue weighted by Gasteiger charge is 2.21. The van der Waals surface area contributed by atoms with Crippen molar-refractivity contribution in [3.8, 4) is 0 Å². The van der Waals surface area contributed by atoms with Crippen molar-refractivity contribution in [1.82, 2.24) is 0 Å². The lowest BCUT2D eigenvalue weighted by molar-refractivity contribution is -0.140. The number of carbonyl (C=O) groups is 1. The van der Waals surface area contributed by atoms with Crippen LogP contribution in [0, 0.1) is 0 Å². The first-order valence-electron chi connectivity index (χ1n) is 2.87. The molecule has 0 saturated carbocycles. The molecular weight excluding hydrogens is 171 g/mol. The zero-order valence-electron chi connectivity index (χ0n) is 5.93. The van der Waals surface area contributed by atoms with Gasteiger partial charge in [0, 0.05) is 7.11 Å². The first-order valence-corrected chi connectivity index (χ1v) is 3.75. The zero-order chi connectivity index (χ0) is 8.85. The van der Waals surface area contributed by atoms with Gasteiger partial charge in [-0.1, -0.05) is 0 Å². The van der Waals surface area contributed by atoms with Crippen molar-refractivity contribution in [2.24, 2.45) is 0 Å². The number of methoxy groups -OCH3 is 1. The Morgan fingerprint density at radius 2 is 2.27 bits per heavy atom. The fraction of sp³-hybridized carbons (Fsp3) is 0.800. The molecule has 0 aliphatic rings. The second-order valence-corrected chi connectivity index (χ2v) is 2.62. The smallest absolute Gasteiger partial charge is 0.306 e. The maximum absolute atomic E-state index is 10.2. The van der Waals surface area contributed by atoms with E-state index >= 15 is 0 Å². The predicted octanol–water partition coefficient (Wildman–Crippen LogP) is 0.0862. The van der Waals surface area contributed by atoms with Crippen molar-refractivity contribution in [3.05, 3.63) is 0 Å². The molecule has 0 aromatic carbocycles. The molecular formula is C5H9O5P. The quantitative estimate of drug-likeness (QED) is 0.585. The van der Waals surface area contributed by atoms with Crippen molar-refractivity contribution >= 4 is 14.4 Å². The summed E-state index contributed by atoms with van der Waals surface area (Å²) in [5, 5.41) is 17.2. The Bertz CT molecular complexity index is 148. The van der Waals surface area contributed by atoms with E-state index in [1.807, 2.05) is 0 Å². The van der Waals surface area contributed by atoms with Crippen LogP contribution in [0.15, 0.2) is 0 Å². The van der Waals surface area contributed by atoms with E-state index in [1.54, 1.807) is 0 Å². The highest BCUT2D eigenvalue weighted by atomic mass is 31.1. The lowest BCUT2D eigenvalue weighted by Crippen LogP contribution is -2.25. The predicted molar refractivity (Wildman–Crippen MR) is 36.7 cm³/mol. The summed E-state index contributed by atoms with van der Waals surface area (Å²) in [7, 11) is 0.839. The number of aliphatic carboxylic acids is 1. The van der Waals surface area contributed by atoms with E-state index in [9.17, 15) is 9.36 Å². The third kappa shape index (κ3) is 4.03. The van der Waals surface area contributed by atoms with Crippen LogP contribution in [0.2, 0.25) is 0 Å². The van der Waals surface area contributed by atoms with Gasteiger partial charge < -0.3 is 14.9 Å². The van der Waals surface area contributed by atoms with Gasteiger partial charge in [-0.25, -0.2) is 0 Å². The molecule has 0 radical (unpaired) electrons. The molecule has 6 heteroatoms. The first-order chi connectivity index (χ1) is 5.11. The molecule has 0 spiro atoms. The summed E-state index contributed by atoms with van der Waals surface area (Å²) < 4.78 is 14.7. The van der Waals surface area contributed by atoms with Crippen LogP contribution in [0.3, 0.4) is 0 Å². The standard InChI is InChI=1S/C5H9O5P/c1-10-5(11-9)3(6)2-4(7)8/h3,5-6H,2H2,1H3,(H,7,8). The van der Waals surface area contributed by atoms with Gasteiger partial charge in [0.2, 0.25) is 0 Å². The molecule has 0 saturated heterocycles. The van der Waals surface area contributed by atoms with Crippen LogP contribution in [0.4, 0.5) is 0 Å². The monoisotopic (exact) mass is 180 g/mol. The van der Waals surface area contributed by atoms with E-state index in [0.29, 0.717) is 0 Å². The summed E-state index contributed by atoms with van der Waals surface area (Å²) in [5.74, 6) is -2.10. The molecule has 64 valence electrons. The molecule has 0 aromatic rings. The summed E-state index contributed by atoms with van der Waals surface area (Å²) in [6.07, 6.45) is -1.69. The minimum absolute atomic E-state index is 0.411. The van der Waals surface area contributed by atoms with Crippen LogP contribution in [0.25, 0.3) is 0 Å². The van der Waals surface area contributed by atoms with Gasteiger partial charge in [-0.15, -0.1) is 0 Å². The average molecular weight is 180 g/mol. The number of ether oxygens (including phenoxy) is 1. The summed E-state index contributed by atoms with van der Waals surface area (Å²) in [6, 6.07) is 0. The normalized spacial score (nSPS) is 16.2. The summed E-state index contributed by atoms with van der Waals surface area (Å²) >= 11 is 0. The van der Waals surface area contributed by atoms with Gasteiger partial charge in [-0.05, 0) is 0 Å². The lowest BCUT2D eigenvalue weighted by atomic mass is 10.3. The van der Waals surface area contributed by atoms with E-state index in [1.165, 1.54) is 7.11 Å². The largest absolute Gasteiger partial charge is 0.481 e. The van der Waals surface area contributed by atoms with Crippen LogP contribution >= 0.6 is 8.46 Å². The molecule has 0 amide bonds.